The normalized spacial score (nSPS) is 13.6. The SMILES string of the molecule is O=C(Nc1ccc(OCc2ccccc2)cc1)N1CCN(c2ncc(CCCF)cn2)CC1. The fourth-order valence-electron chi connectivity index (χ4n) is 3.60. The maximum atomic E-state index is 12.7. The molecule has 1 fully saturated rings. The molecule has 2 amide bonds. The van der Waals surface area contributed by atoms with Crippen molar-refractivity contribution < 1.29 is 13.9 Å². The number of amides is 2. The molecule has 3 aromatic rings. The number of benzene rings is 2. The number of carbonyl (C=O) groups is 1. The van der Waals surface area contributed by atoms with E-state index in [2.05, 4.69) is 20.2 Å². The molecule has 1 saturated heterocycles. The quantitative estimate of drug-likeness (QED) is 0.555. The number of piperazine rings is 1. The number of anilines is 2. The Balaban J connectivity index is 1.22. The Labute approximate surface area is 193 Å². The third-order valence-corrected chi connectivity index (χ3v) is 5.49. The predicted molar refractivity (Wildman–Crippen MR) is 126 cm³/mol. The van der Waals surface area contributed by atoms with Crippen LogP contribution in [0.1, 0.15) is 17.5 Å². The van der Waals surface area contributed by atoms with Crippen molar-refractivity contribution in [3.8, 4) is 5.75 Å². The molecule has 0 bridgehead atoms. The van der Waals surface area contributed by atoms with E-state index in [0.717, 1.165) is 22.6 Å². The monoisotopic (exact) mass is 449 g/mol. The highest BCUT2D eigenvalue weighted by Crippen LogP contribution is 2.18. The first-order chi connectivity index (χ1) is 16.2. The van der Waals surface area contributed by atoms with Gasteiger partial charge in [0.25, 0.3) is 0 Å². The first-order valence-corrected chi connectivity index (χ1v) is 11.2. The fourth-order valence-corrected chi connectivity index (χ4v) is 3.60. The van der Waals surface area contributed by atoms with E-state index in [1.165, 1.54) is 0 Å². The summed E-state index contributed by atoms with van der Waals surface area (Å²) in [5.74, 6) is 1.39. The molecule has 0 saturated carbocycles. The smallest absolute Gasteiger partial charge is 0.321 e. The Hall–Kier alpha value is -3.68. The van der Waals surface area contributed by atoms with Crippen LogP contribution in [-0.2, 0) is 13.0 Å². The van der Waals surface area contributed by atoms with Gasteiger partial charge in [-0.1, -0.05) is 30.3 Å². The van der Waals surface area contributed by atoms with Crippen LogP contribution >= 0.6 is 0 Å². The maximum absolute atomic E-state index is 12.7. The lowest BCUT2D eigenvalue weighted by molar-refractivity contribution is 0.208. The number of alkyl halides is 1. The summed E-state index contributed by atoms with van der Waals surface area (Å²) in [5.41, 5.74) is 2.76. The minimum absolute atomic E-state index is 0.130. The Bertz CT molecular complexity index is 1010. The molecule has 0 aliphatic carbocycles. The van der Waals surface area contributed by atoms with Crippen molar-refractivity contribution in [3.05, 3.63) is 78.1 Å². The molecular weight excluding hydrogens is 421 g/mol. The summed E-state index contributed by atoms with van der Waals surface area (Å²) in [6.07, 6.45) is 4.64. The highest BCUT2D eigenvalue weighted by molar-refractivity contribution is 5.89. The molecule has 1 aromatic heterocycles. The minimum Gasteiger partial charge on any atom is -0.489 e. The van der Waals surface area contributed by atoms with E-state index in [4.69, 9.17) is 4.74 Å². The van der Waals surface area contributed by atoms with Gasteiger partial charge in [0, 0.05) is 44.3 Å². The third kappa shape index (κ3) is 6.41. The number of hydrogen-bond donors (Lipinski definition) is 1. The van der Waals surface area contributed by atoms with Crippen LogP contribution in [-0.4, -0.2) is 53.8 Å². The van der Waals surface area contributed by atoms with Crippen molar-refractivity contribution >= 4 is 17.7 Å². The summed E-state index contributed by atoms with van der Waals surface area (Å²) in [5, 5.41) is 2.95. The minimum atomic E-state index is -0.335. The molecular formula is C25H28FN5O2. The van der Waals surface area contributed by atoms with Crippen LogP contribution < -0.4 is 15.0 Å². The van der Waals surface area contributed by atoms with Crippen LogP contribution in [0.3, 0.4) is 0 Å². The van der Waals surface area contributed by atoms with Crippen LogP contribution in [0.5, 0.6) is 5.75 Å². The van der Waals surface area contributed by atoms with Gasteiger partial charge >= 0.3 is 6.03 Å². The van der Waals surface area contributed by atoms with Gasteiger partial charge < -0.3 is 19.9 Å². The van der Waals surface area contributed by atoms with Crippen molar-refractivity contribution in [1.29, 1.82) is 0 Å². The average Bonchev–Trinajstić information content (AvgIpc) is 2.88. The van der Waals surface area contributed by atoms with Crippen molar-refractivity contribution in [2.24, 2.45) is 0 Å². The van der Waals surface area contributed by atoms with Gasteiger partial charge in [-0.3, -0.25) is 4.39 Å². The Morgan fingerprint density at radius 3 is 2.30 bits per heavy atom. The summed E-state index contributed by atoms with van der Waals surface area (Å²) in [6.45, 7) is 2.64. The van der Waals surface area contributed by atoms with Gasteiger partial charge in [0.05, 0.1) is 6.67 Å². The molecule has 0 atom stereocenters. The zero-order valence-electron chi connectivity index (χ0n) is 18.5. The lowest BCUT2D eigenvalue weighted by Gasteiger charge is -2.34. The van der Waals surface area contributed by atoms with E-state index < -0.39 is 0 Å². The van der Waals surface area contributed by atoms with E-state index in [1.54, 1.807) is 17.3 Å². The number of aromatic nitrogens is 2. The molecule has 7 nitrogen and oxygen atoms in total. The Morgan fingerprint density at radius 2 is 1.64 bits per heavy atom. The molecule has 2 heterocycles. The molecule has 1 aliphatic heterocycles. The maximum Gasteiger partial charge on any atom is 0.321 e. The third-order valence-electron chi connectivity index (χ3n) is 5.49. The number of ether oxygens (including phenoxy) is 1. The largest absolute Gasteiger partial charge is 0.489 e. The molecule has 172 valence electrons. The van der Waals surface area contributed by atoms with Gasteiger partial charge in [0.15, 0.2) is 0 Å². The van der Waals surface area contributed by atoms with E-state index >= 15 is 0 Å². The number of halogens is 1. The second-order valence-electron chi connectivity index (χ2n) is 7.89. The molecule has 8 heteroatoms. The van der Waals surface area contributed by atoms with Crippen molar-refractivity contribution in [2.75, 3.05) is 43.1 Å². The standard InChI is InChI=1S/C25H28FN5O2/c26-12-4-7-21-17-27-24(28-18-21)30-13-15-31(16-14-30)25(32)29-22-8-10-23(11-9-22)33-19-20-5-2-1-3-6-20/h1-3,5-6,8-11,17-18H,4,7,12-16,19H2,(H,29,32). The average molecular weight is 450 g/mol. The van der Waals surface area contributed by atoms with Gasteiger partial charge in [0.1, 0.15) is 12.4 Å². The van der Waals surface area contributed by atoms with Crippen LogP contribution in [0.2, 0.25) is 0 Å². The molecule has 0 radical (unpaired) electrons. The number of aryl methyl sites for hydroxylation is 1. The predicted octanol–water partition coefficient (Wildman–Crippen LogP) is 4.31. The highest BCUT2D eigenvalue weighted by atomic mass is 19.1. The lowest BCUT2D eigenvalue weighted by atomic mass is 10.2. The first-order valence-electron chi connectivity index (χ1n) is 11.2. The molecule has 33 heavy (non-hydrogen) atoms. The topological polar surface area (TPSA) is 70.6 Å². The van der Waals surface area contributed by atoms with E-state index in [-0.39, 0.29) is 12.7 Å². The van der Waals surface area contributed by atoms with E-state index in [1.807, 2.05) is 54.6 Å². The molecule has 4 rings (SSSR count). The fraction of sp³-hybridized carbons (Fsp3) is 0.320. The van der Waals surface area contributed by atoms with E-state index in [9.17, 15) is 9.18 Å². The number of nitrogens with one attached hydrogen (secondary N) is 1. The summed E-state index contributed by atoms with van der Waals surface area (Å²) in [4.78, 5) is 25.3. The van der Waals surface area contributed by atoms with Crippen LogP contribution in [0.15, 0.2) is 67.0 Å². The molecule has 1 aliphatic rings. The second-order valence-corrected chi connectivity index (χ2v) is 7.89. The van der Waals surface area contributed by atoms with Gasteiger partial charge in [-0.05, 0) is 48.2 Å². The van der Waals surface area contributed by atoms with Gasteiger partial charge in [-0.25, -0.2) is 14.8 Å². The number of rotatable bonds is 8. The van der Waals surface area contributed by atoms with Crippen LogP contribution in [0.4, 0.5) is 20.8 Å². The molecule has 1 N–H and O–H groups in total. The number of hydrogen-bond acceptors (Lipinski definition) is 5. The number of urea groups is 1. The van der Waals surface area contributed by atoms with Gasteiger partial charge in [0.2, 0.25) is 5.95 Å². The zero-order valence-corrected chi connectivity index (χ0v) is 18.5. The van der Waals surface area contributed by atoms with Gasteiger partial charge in [-0.15, -0.1) is 0 Å². The number of carbonyl (C=O) groups excluding carboxylic acids is 1. The highest BCUT2D eigenvalue weighted by Gasteiger charge is 2.22. The summed E-state index contributed by atoms with van der Waals surface area (Å²) >= 11 is 0. The second kappa shape index (κ2) is 11.3. The van der Waals surface area contributed by atoms with Crippen molar-refractivity contribution in [1.82, 2.24) is 14.9 Å². The first kappa shape index (κ1) is 22.5. The van der Waals surface area contributed by atoms with Gasteiger partial charge in [-0.2, -0.15) is 0 Å². The van der Waals surface area contributed by atoms with Crippen LogP contribution in [0.25, 0.3) is 0 Å². The summed E-state index contributed by atoms with van der Waals surface area (Å²) in [7, 11) is 0. The number of nitrogens with zero attached hydrogens (tertiary/aromatic N) is 4. The van der Waals surface area contributed by atoms with E-state index in [0.29, 0.717) is 51.6 Å². The van der Waals surface area contributed by atoms with Crippen molar-refractivity contribution in [3.63, 3.8) is 0 Å². The van der Waals surface area contributed by atoms with Crippen LogP contribution in [0, 0.1) is 0 Å². The molecule has 0 unspecified atom stereocenters. The lowest BCUT2D eigenvalue weighted by Crippen LogP contribution is -2.50. The molecule has 0 spiro atoms. The Kier molecular flexibility index (Phi) is 7.68. The van der Waals surface area contributed by atoms with Crippen molar-refractivity contribution in [2.45, 2.75) is 19.4 Å². The summed E-state index contributed by atoms with van der Waals surface area (Å²) < 4.78 is 18.1. The zero-order chi connectivity index (χ0) is 22.9. The Morgan fingerprint density at radius 1 is 0.939 bits per heavy atom. The summed E-state index contributed by atoms with van der Waals surface area (Å²) in [6, 6.07) is 17.2. The molecule has 2 aromatic carbocycles.